The minimum absolute atomic E-state index is 0.148. The number of aromatic nitrogens is 2. The number of nitrogens with zero attached hydrogens (tertiary/aromatic N) is 3. The third-order valence-electron chi connectivity index (χ3n) is 3.47. The van der Waals surface area contributed by atoms with Crippen LogP contribution in [0, 0.1) is 5.92 Å². The molecule has 1 aromatic heterocycles. The Bertz CT molecular complexity index is 463. The number of hydrogen-bond acceptors (Lipinski definition) is 3. The van der Waals surface area contributed by atoms with Gasteiger partial charge in [0.15, 0.2) is 0 Å². The summed E-state index contributed by atoms with van der Waals surface area (Å²) < 4.78 is 1.71. The molecule has 1 aromatic rings. The lowest BCUT2D eigenvalue weighted by Gasteiger charge is -2.30. The van der Waals surface area contributed by atoms with E-state index in [4.69, 9.17) is 5.11 Å². The third kappa shape index (κ3) is 3.24. The Hall–Kier alpha value is -2.05. The molecule has 0 saturated carbocycles. The summed E-state index contributed by atoms with van der Waals surface area (Å²) >= 11 is 0. The fraction of sp³-hybridized carbons (Fsp3) is 0.583. The number of carboxylic acid groups (broad SMARTS) is 1. The van der Waals surface area contributed by atoms with Crippen molar-refractivity contribution in [2.75, 3.05) is 13.1 Å². The second-order valence-corrected chi connectivity index (χ2v) is 4.70. The molecule has 7 nitrogen and oxygen atoms in total. The van der Waals surface area contributed by atoms with Gasteiger partial charge in [-0.1, -0.05) is 0 Å². The standard InChI is InChI=1S/C12H18N4O3/c1-15-10(2-5-14-15)8-13-12(19)16-6-3-9(4-7-16)11(17)18/h2,5,9H,3-4,6-8H2,1H3,(H,13,19)(H,17,18). The predicted octanol–water partition coefficient (Wildman–Crippen LogP) is 0.426. The molecule has 0 aromatic carbocycles. The molecule has 0 radical (unpaired) electrons. The molecule has 0 atom stereocenters. The number of carbonyl (C=O) groups is 2. The Labute approximate surface area is 111 Å². The van der Waals surface area contributed by atoms with Crippen molar-refractivity contribution < 1.29 is 14.7 Å². The van der Waals surface area contributed by atoms with E-state index in [1.54, 1.807) is 15.8 Å². The van der Waals surface area contributed by atoms with Crippen LogP contribution in [0.5, 0.6) is 0 Å². The van der Waals surface area contributed by atoms with Crippen molar-refractivity contribution in [3.8, 4) is 0 Å². The van der Waals surface area contributed by atoms with Crippen LogP contribution in [-0.2, 0) is 18.4 Å². The Morgan fingerprint density at radius 2 is 2.16 bits per heavy atom. The van der Waals surface area contributed by atoms with E-state index in [-0.39, 0.29) is 11.9 Å². The first kappa shape index (κ1) is 13.4. The van der Waals surface area contributed by atoms with E-state index in [0.29, 0.717) is 32.5 Å². The van der Waals surface area contributed by atoms with E-state index < -0.39 is 5.97 Å². The van der Waals surface area contributed by atoms with E-state index in [0.717, 1.165) is 5.69 Å². The topological polar surface area (TPSA) is 87.5 Å². The Balaban J connectivity index is 1.79. The van der Waals surface area contributed by atoms with Crippen LogP contribution < -0.4 is 5.32 Å². The quantitative estimate of drug-likeness (QED) is 0.830. The van der Waals surface area contributed by atoms with Gasteiger partial charge in [-0.2, -0.15) is 5.10 Å². The zero-order valence-electron chi connectivity index (χ0n) is 10.9. The van der Waals surface area contributed by atoms with E-state index >= 15 is 0 Å². The Kier molecular flexibility index (Phi) is 4.03. The van der Waals surface area contributed by atoms with E-state index in [1.165, 1.54) is 0 Å². The van der Waals surface area contributed by atoms with Gasteiger partial charge in [0, 0.05) is 26.3 Å². The van der Waals surface area contributed by atoms with Gasteiger partial charge in [-0.3, -0.25) is 9.48 Å². The largest absolute Gasteiger partial charge is 0.481 e. The van der Waals surface area contributed by atoms with Crippen molar-refractivity contribution in [3.05, 3.63) is 18.0 Å². The van der Waals surface area contributed by atoms with Crippen molar-refractivity contribution in [1.82, 2.24) is 20.0 Å². The number of nitrogens with one attached hydrogen (secondary N) is 1. The van der Waals surface area contributed by atoms with Crippen LogP contribution in [0.4, 0.5) is 4.79 Å². The number of rotatable bonds is 3. The summed E-state index contributed by atoms with van der Waals surface area (Å²) in [5, 5.41) is 15.7. The SMILES string of the molecule is Cn1nccc1CNC(=O)N1CCC(C(=O)O)CC1. The molecule has 0 bridgehead atoms. The fourth-order valence-electron chi connectivity index (χ4n) is 2.18. The molecule has 2 N–H and O–H groups in total. The van der Waals surface area contributed by atoms with Crippen LogP contribution >= 0.6 is 0 Å². The Morgan fingerprint density at radius 3 is 2.68 bits per heavy atom. The summed E-state index contributed by atoms with van der Waals surface area (Å²) in [6, 6.07) is 1.70. The molecule has 2 rings (SSSR count). The number of amides is 2. The zero-order valence-corrected chi connectivity index (χ0v) is 10.9. The summed E-state index contributed by atoms with van der Waals surface area (Å²) in [5.74, 6) is -1.09. The first-order valence-electron chi connectivity index (χ1n) is 6.30. The van der Waals surface area contributed by atoms with E-state index in [2.05, 4.69) is 10.4 Å². The van der Waals surface area contributed by atoms with Crippen molar-refractivity contribution in [2.45, 2.75) is 19.4 Å². The van der Waals surface area contributed by atoms with Crippen LogP contribution in [0.15, 0.2) is 12.3 Å². The molecule has 2 heterocycles. The van der Waals surface area contributed by atoms with Crippen molar-refractivity contribution in [2.24, 2.45) is 13.0 Å². The number of urea groups is 1. The maximum atomic E-state index is 11.9. The van der Waals surface area contributed by atoms with Gasteiger partial charge in [0.2, 0.25) is 0 Å². The first-order chi connectivity index (χ1) is 9.08. The lowest BCUT2D eigenvalue weighted by molar-refractivity contribution is -0.143. The molecule has 7 heteroatoms. The number of carboxylic acids is 1. The number of aryl methyl sites for hydroxylation is 1. The van der Waals surface area contributed by atoms with Gasteiger partial charge in [-0.25, -0.2) is 4.79 Å². The summed E-state index contributed by atoms with van der Waals surface area (Å²) in [6.07, 6.45) is 2.72. The van der Waals surface area contributed by atoms with Gasteiger partial charge >= 0.3 is 12.0 Å². The minimum Gasteiger partial charge on any atom is -0.481 e. The smallest absolute Gasteiger partial charge is 0.317 e. The average molecular weight is 266 g/mol. The summed E-state index contributed by atoms with van der Waals surface area (Å²) in [5.41, 5.74) is 0.925. The third-order valence-corrected chi connectivity index (χ3v) is 3.47. The molecule has 2 amide bonds. The van der Waals surface area contributed by atoms with Gasteiger partial charge in [-0.15, -0.1) is 0 Å². The van der Waals surface area contributed by atoms with Gasteiger partial charge in [-0.05, 0) is 18.9 Å². The molecule has 19 heavy (non-hydrogen) atoms. The molecule has 0 aliphatic carbocycles. The number of piperidine rings is 1. The highest BCUT2D eigenvalue weighted by Gasteiger charge is 2.26. The normalized spacial score (nSPS) is 16.4. The molecule has 0 spiro atoms. The molecule has 1 aliphatic heterocycles. The van der Waals surface area contributed by atoms with E-state index in [1.807, 2.05) is 13.1 Å². The second-order valence-electron chi connectivity index (χ2n) is 4.70. The molecule has 104 valence electrons. The van der Waals surface area contributed by atoms with Gasteiger partial charge in [0.05, 0.1) is 18.2 Å². The van der Waals surface area contributed by atoms with Crippen molar-refractivity contribution in [3.63, 3.8) is 0 Å². The average Bonchev–Trinajstić information content (AvgIpc) is 2.81. The zero-order chi connectivity index (χ0) is 13.8. The van der Waals surface area contributed by atoms with Gasteiger partial charge < -0.3 is 15.3 Å². The molecular weight excluding hydrogens is 248 g/mol. The van der Waals surface area contributed by atoms with Crippen LogP contribution in [0.1, 0.15) is 18.5 Å². The van der Waals surface area contributed by atoms with Crippen molar-refractivity contribution in [1.29, 1.82) is 0 Å². The van der Waals surface area contributed by atoms with E-state index in [9.17, 15) is 9.59 Å². The molecule has 1 aliphatic rings. The molecule has 1 saturated heterocycles. The second kappa shape index (κ2) is 5.73. The van der Waals surface area contributed by atoms with Crippen LogP contribution in [0.2, 0.25) is 0 Å². The summed E-state index contributed by atoms with van der Waals surface area (Å²) in [4.78, 5) is 24.4. The summed E-state index contributed by atoms with van der Waals surface area (Å²) in [6.45, 7) is 1.41. The van der Waals surface area contributed by atoms with Crippen molar-refractivity contribution >= 4 is 12.0 Å². The first-order valence-corrected chi connectivity index (χ1v) is 6.30. The number of carbonyl (C=O) groups excluding carboxylic acids is 1. The fourth-order valence-corrected chi connectivity index (χ4v) is 2.18. The highest BCUT2D eigenvalue weighted by molar-refractivity contribution is 5.75. The number of likely N-dealkylation sites (tertiary alicyclic amines) is 1. The minimum atomic E-state index is -0.769. The van der Waals surface area contributed by atoms with Crippen LogP contribution in [-0.4, -0.2) is 44.9 Å². The monoisotopic (exact) mass is 266 g/mol. The number of hydrogen-bond donors (Lipinski definition) is 2. The molecule has 1 fully saturated rings. The highest BCUT2D eigenvalue weighted by Crippen LogP contribution is 2.17. The predicted molar refractivity (Wildman–Crippen MR) is 67.4 cm³/mol. The lowest BCUT2D eigenvalue weighted by atomic mass is 9.97. The molecular formula is C12H18N4O3. The lowest BCUT2D eigenvalue weighted by Crippen LogP contribution is -2.45. The maximum Gasteiger partial charge on any atom is 0.317 e. The maximum absolute atomic E-state index is 11.9. The van der Waals surface area contributed by atoms with Gasteiger partial charge in [0.25, 0.3) is 0 Å². The molecule has 0 unspecified atom stereocenters. The Morgan fingerprint density at radius 1 is 1.47 bits per heavy atom. The van der Waals surface area contributed by atoms with Gasteiger partial charge in [0.1, 0.15) is 0 Å². The summed E-state index contributed by atoms with van der Waals surface area (Å²) in [7, 11) is 1.82. The number of aliphatic carboxylic acids is 1. The van der Waals surface area contributed by atoms with Crippen LogP contribution in [0.3, 0.4) is 0 Å². The highest BCUT2D eigenvalue weighted by atomic mass is 16.4. The van der Waals surface area contributed by atoms with Crippen LogP contribution in [0.25, 0.3) is 0 Å².